The van der Waals surface area contributed by atoms with Crippen molar-refractivity contribution in [2.24, 2.45) is 0 Å². The predicted octanol–water partition coefficient (Wildman–Crippen LogP) is 4.09. The largest absolute Gasteiger partial charge is 0.497 e. The number of ether oxygens (including phenoxy) is 1. The van der Waals surface area contributed by atoms with E-state index in [1.165, 1.54) is 27.8 Å². The molecule has 0 N–H and O–H groups in total. The Balaban J connectivity index is 1.76. The van der Waals surface area contributed by atoms with Gasteiger partial charge in [-0.3, -0.25) is 4.79 Å². The highest BCUT2D eigenvalue weighted by atomic mass is 16.5. The number of allylic oxidation sites excluding steroid dienone is 1. The van der Waals surface area contributed by atoms with Crippen LogP contribution in [0, 0.1) is 6.92 Å². The number of hydrogen-bond donors (Lipinski definition) is 0. The zero-order valence-electron chi connectivity index (χ0n) is 14.1. The van der Waals surface area contributed by atoms with Crippen LogP contribution in [0.5, 0.6) is 5.75 Å². The predicted molar refractivity (Wildman–Crippen MR) is 94.6 cm³/mol. The van der Waals surface area contributed by atoms with Crippen LogP contribution < -0.4 is 4.74 Å². The number of hydrogen-bond acceptors (Lipinski definition) is 2. The number of methoxy groups -OCH3 is 1. The van der Waals surface area contributed by atoms with Crippen LogP contribution in [0.1, 0.15) is 35.1 Å². The lowest BCUT2D eigenvalue weighted by Gasteiger charge is -2.27. The number of benzene rings is 2. The minimum Gasteiger partial charge on any atom is -0.497 e. The molecule has 2 heterocycles. The molecule has 3 nitrogen and oxygen atoms in total. The number of carbonyl (C=O) groups excluding carboxylic acids is 1. The number of amides is 1. The molecular formula is C21H21NO2. The lowest BCUT2D eigenvalue weighted by atomic mass is 9.93. The molecule has 0 atom stereocenters. The van der Waals surface area contributed by atoms with Gasteiger partial charge in [-0.25, -0.2) is 0 Å². The quantitative estimate of drug-likeness (QED) is 0.852. The van der Waals surface area contributed by atoms with Gasteiger partial charge in [-0.2, -0.15) is 0 Å². The van der Waals surface area contributed by atoms with Gasteiger partial charge in [0, 0.05) is 12.0 Å². The SMILES string of the molecule is COc1ccc2c(c1)CN1C(=O)CCC(Cc3ccc(C)cc3)=C21. The number of rotatable bonds is 3. The minimum atomic E-state index is 0.229. The molecule has 0 saturated heterocycles. The molecule has 122 valence electrons. The molecule has 0 aliphatic carbocycles. The van der Waals surface area contributed by atoms with Gasteiger partial charge >= 0.3 is 0 Å². The van der Waals surface area contributed by atoms with Crippen molar-refractivity contribution < 1.29 is 9.53 Å². The first-order valence-electron chi connectivity index (χ1n) is 8.41. The molecule has 0 saturated carbocycles. The molecule has 0 fully saturated rings. The summed E-state index contributed by atoms with van der Waals surface area (Å²) in [6.45, 7) is 2.77. The van der Waals surface area contributed by atoms with E-state index in [1.54, 1.807) is 7.11 Å². The first kappa shape index (κ1) is 15.0. The standard InChI is InChI=1S/C21H21NO2/c1-14-3-5-15(6-4-14)11-16-7-10-20(23)22-13-17-12-18(24-2)8-9-19(17)21(16)22/h3-6,8-9,12H,7,10-11,13H2,1-2H3. The summed E-state index contributed by atoms with van der Waals surface area (Å²) in [5, 5.41) is 0. The highest BCUT2D eigenvalue weighted by Crippen LogP contribution is 2.41. The molecule has 1 amide bonds. The third kappa shape index (κ3) is 2.50. The van der Waals surface area contributed by atoms with Gasteiger partial charge in [0.25, 0.3) is 0 Å². The van der Waals surface area contributed by atoms with Crippen LogP contribution in [0.4, 0.5) is 0 Å². The fourth-order valence-corrected chi connectivity index (χ4v) is 3.68. The van der Waals surface area contributed by atoms with E-state index in [9.17, 15) is 4.79 Å². The fourth-order valence-electron chi connectivity index (χ4n) is 3.68. The van der Waals surface area contributed by atoms with Crippen molar-refractivity contribution in [3.05, 3.63) is 70.3 Å². The molecule has 0 aromatic heterocycles. The average Bonchev–Trinajstić information content (AvgIpc) is 2.99. The zero-order chi connectivity index (χ0) is 16.7. The third-order valence-corrected chi connectivity index (χ3v) is 4.98. The summed E-state index contributed by atoms with van der Waals surface area (Å²) in [6, 6.07) is 14.8. The van der Waals surface area contributed by atoms with Crippen LogP contribution in [0.15, 0.2) is 48.0 Å². The molecule has 0 unspecified atom stereocenters. The lowest BCUT2D eigenvalue weighted by molar-refractivity contribution is -0.128. The molecule has 0 spiro atoms. The van der Waals surface area contributed by atoms with E-state index >= 15 is 0 Å². The second kappa shape index (κ2) is 5.82. The minimum absolute atomic E-state index is 0.229. The first-order valence-corrected chi connectivity index (χ1v) is 8.41. The van der Waals surface area contributed by atoms with Gasteiger partial charge in [0.2, 0.25) is 5.91 Å². The summed E-state index contributed by atoms with van der Waals surface area (Å²) >= 11 is 0. The van der Waals surface area contributed by atoms with Gasteiger partial charge in [-0.1, -0.05) is 29.8 Å². The summed E-state index contributed by atoms with van der Waals surface area (Å²) in [5.41, 5.74) is 7.44. The third-order valence-electron chi connectivity index (χ3n) is 4.98. The Hall–Kier alpha value is -2.55. The molecule has 2 aliphatic rings. The van der Waals surface area contributed by atoms with E-state index in [2.05, 4.69) is 43.3 Å². The molecule has 0 radical (unpaired) electrons. The van der Waals surface area contributed by atoms with E-state index in [0.29, 0.717) is 13.0 Å². The topological polar surface area (TPSA) is 29.5 Å². The Labute approximate surface area is 142 Å². The molecule has 4 rings (SSSR count). The Bertz CT molecular complexity index is 833. The van der Waals surface area contributed by atoms with Crippen LogP contribution in [0.2, 0.25) is 0 Å². The van der Waals surface area contributed by atoms with Gasteiger partial charge in [0.05, 0.1) is 19.4 Å². The summed E-state index contributed by atoms with van der Waals surface area (Å²) in [6.07, 6.45) is 2.37. The molecule has 24 heavy (non-hydrogen) atoms. The fraction of sp³-hybridized carbons (Fsp3) is 0.286. The maximum Gasteiger partial charge on any atom is 0.227 e. The van der Waals surface area contributed by atoms with Crippen molar-refractivity contribution in [2.75, 3.05) is 7.11 Å². The molecule has 2 aromatic rings. The van der Waals surface area contributed by atoms with Gasteiger partial charge in [0.1, 0.15) is 5.75 Å². The van der Waals surface area contributed by atoms with Crippen molar-refractivity contribution in [1.82, 2.24) is 4.90 Å². The number of carbonyl (C=O) groups is 1. The van der Waals surface area contributed by atoms with Crippen molar-refractivity contribution in [3.63, 3.8) is 0 Å². The van der Waals surface area contributed by atoms with E-state index in [-0.39, 0.29) is 5.91 Å². The highest BCUT2D eigenvalue weighted by Gasteiger charge is 2.34. The van der Waals surface area contributed by atoms with Crippen LogP contribution in [-0.4, -0.2) is 17.9 Å². The molecule has 3 heteroatoms. The van der Waals surface area contributed by atoms with Crippen LogP contribution in [0.25, 0.3) is 5.70 Å². The van der Waals surface area contributed by atoms with Crippen molar-refractivity contribution in [2.45, 2.75) is 32.7 Å². The average molecular weight is 319 g/mol. The normalized spacial score (nSPS) is 16.2. The second-order valence-electron chi connectivity index (χ2n) is 6.62. The van der Waals surface area contributed by atoms with Crippen molar-refractivity contribution in [1.29, 1.82) is 0 Å². The number of aryl methyl sites for hydroxylation is 1. The van der Waals surface area contributed by atoms with Gasteiger partial charge in [0.15, 0.2) is 0 Å². The summed E-state index contributed by atoms with van der Waals surface area (Å²) in [7, 11) is 1.68. The molecule has 2 aliphatic heterocycles. The maximum absolute atomic E-state index is 12.4. The second-order valence-corrected chi connectivity index (χ2v) is 6.62. The van der Waals surface area contributed by atoms with E-state index in [1.807, 2.05) is 11.0 Å². The summed E-state index contributed by atoms with van der Waals surface area (Å²) < 4.78 is 5.33. The smallest absolute Gasteiger partial charge is 0.227 e. The molecule has 2 aromatic carbocycles. The number of fused-ring (bicyclic) bond motifs is 3. The van der Waals surface area contributed by atoms with E-state index in [4.69, 9.17) is 4.74 Å². The maximum atomic E-state index is 12.4. The van der Waals surface area contributed by atoms with Gasteiger partial charge < -0.3 is 9.64 Å². The number of nitrogens with zero attached hydrogens (tertiary/aromatic N) is 1. The Morgan fingerprint density at radius 1 is 1.08 bits per heavy atom. The molecule has 0 bridgehead atoms. The Kier molecular flexibility index (Phi) is 3.64. The lowest BCUT2D eigenvalue weighted by Crippen LogP contribution is -2.29. The van der Waals surface area contributed by atoms with Crippen molar-refractivity contribution in [3.8, 4) is 5.75 Å². The van der Waals surface area contributed by atoms with Gasteiger partial charge in [-0.15, -0.1) is 0 Å². The van der Waals surface area contributed by atoms with Crippen molar-refractivity contribution >= 4 is 11.6 Å². The summed E-state index contributed by atoms with van der Waals surface area (Å²) in [4.78, 5) is 14.4. The Morgan fingerprint density at radius 2 is 1.88 bits per heavy atom. The zero-order valence-corrected chi connectivity index (χ0v) is 14.1. The van der Waals surface area contributed by atoms with Crippen LogP contribution in [-0.2, 0) is 17.8 Å². The van der Waals surface area contributed by atoms with Crippen LogP contribution in [0.3, 0.4) is 0 Å². The van der Waals surface area contributed by atoms with Crippen LogP contribution >= 0.6 is 0 Å². The first-order chi connectivity index (χ1) is 11.7. The van der Waals surface area contributed by atoms with E-state index < -0.39 is 0 Å². The monoisotopic (exact) mass is 319 g/mol. The Morgan fingerprint density at radius 3 is 2.62 bits per heavy atom. The van der Waals surface area contributed by atoms with E-state index in [0.717, 1.165) is 24.3 Å². The highest BCUT2D eigenvalue weighted by molar-refractivity contribution is 5.93. The van der Waals surface area contributed by atoms with Gasteiger partial charge in [-0.05, 0) is 54.7 Å². The molecular weight excluding hydrogens is 298 g/mol. The summed E-state index contributed by atoms with van der Waals surface area (Å²) in [5.74, 6) is 1.08.